The van der Waals surface area contributed by atoms with Gasteiger partial charge in [-0.3, -0.25) is 4.79 Å². The number of aliphatic carboxylic acids is 1. The first-order chi connectivity index (χ1) is 6.46. The van der Waals surface area contributed by atoms with E-state index < -0.39 is 5.97 Å². The third-order valence-electron chi connectivity index (χ3n) is 3.45. The Kier molecular flexibility index (Phi) is 1.71. The summed E-state index contributed by atoms with van der Waals surface area (Å²) < 4.78 is 0. The number of amides is 1. The van der Waals surface area contributed by atoms with E-state index in [0.717, 1.165) is 5.57 Å². The van der Waals surface area contributed by atoms with E-state index in [1.807, 2.05) is 13.8 Å². The van der Waals surface area contributed by atoms with Crippen molar-refractivity contribution in [2.75, 3.05) is 0 Å². The summed E-state index contributed by atoms with van der Waals surface area (Å²) in [6.07, 6.45) is 0. The van der Waals surface area contributed by atoms with Crippen molar-refractivity contribution in [2.24, 2.45) is 11.8 Å². The molecular formula is C10H13NO3. The topological polar surface area (TPSA) is 57.6 Å². The first-order valence-corrected chi connectivity index (χ1v) is 4.74. The molecule has 0 aliphatic carbocycles. The fraction of sp³-hybridized carbons (Fsp3) is 0.600. The monoisotopic (exact) mass is 195 g/mol. The predicted octanol–water partition coefficient (Wildman–Crippen LogP) is 0.842. The second kappa shape index (κ2) is 2.59. The smallest absolute Gasteiger partial charge is 0.352 e. The molecule has 4 heteroatoms. The molecule has 1 unspecified atom stereocenters. The second-order valence-corrected chi connectivity index (χ2v) is 4.11. The SMILES string of the molecule is CC1=C(C(=O)O)N2C(=O)[C@@H](C)[C@H]2C1C. The predicted molar refractivity (Wildman–Crippen MR) is 49.3 cm³/mol. The Morgan fingerprint density at radius 2 is 1.93 bits per heavy atom. The molecule has 2 rings (SSSR count). The van der Waals surface area contributed by atoms with Gasteiger partial charge in [0, 0.05) is 5.92 Å². The normalized spacial score (nSPS) is 35.8. The number of carboxylic acid groups (broad SMARTS) is 1. The van der Waals surface area contributed by atoms with Gasteiger partial charge in [-0.1, -0.05) is 13.8 Å². The molecule has 14 heavy (non-hydrogen) atoms. The van der Waals surface area contributed by atoms with Crippen LogP contribution < -0.4 is 0 Å². The van der Waals surface area contributed by atoms with Crippen molar-refractivity contribution < 1.29 is 14.7 Å². The van der Waals surface area contributed by atoms with Gasteiger partial charge in [-0.2, -0.15) is 0 Å². The van der Waals surface area contributed by atoms with E-state index in [1.165, 1.54) is 4.90 Å². The summed E-state index contributed by atoms with van der Waals surface area (Å²) >= 11 is 0. The van der Waals surface area contributed by atoms with Crippen LogP contribution in [-0.2, 0) is 9.59 Å². The first kappa shape index (κ1) is 9.24. The summed E-state index contributed by atoms with van der Waals surface area (Å²) in [7, 11) is 0. The molecule has 0 aromatic heterocycles. The molecule has 1 saturated heterocycles. The minimum absolute atomic E-state index is 0.0307. The molecule has 3 atom stereocenters. The maximum atomic E-state index is 11.5. The van der Waals surface area contributed by atoms with E-state index in [-0.39, 0.29) is 29.5 Å². The Hall–Kier alpha value is -1.32. The molecule has 1 amide bonds. The maximum Gasteiger partial charge on any atom is 0.352 e. The minimum Gasteiger partial charge on any atom is -0.477 e. The van der Waals surface area contributed by atoms with Crippen molar-refractivity contribution in [3.8, 4) is 0 Å². The van der Waals surface area contributed by atoms with Gasteiger partial charge in [0.25, 0.3) is 0 Å². The molecule has 2 aliphatic heterocycles. The molecule has 4 nitrogen and oxygen atoms in total. The summed E-state index contributed by atoms with van der Waals surface area (Å²) in [5, 5.41) is 8.98. The lowest BCUT2D eigenvalue weighted by Gasteiger charge is -2.43. The Bertz CT molecular complexity index is 358. The lowest BCUT2D eigenvalue weighted by molar-refractivity contribution is -0.155. The van der Waals surface area contributed by atoms with E-state index in [0.29, 0.717) is 0 Å². The zero-order chi connectivity index (χ0) is 10.6. The number of β-lactam (4-membered cyclic amide) rings is 1. The van der Waals surface area contributed by atoms with Gasteiger partial charge >= 0.3 is 5.97 Å². The third-order valence-corrected chi connectivity index (χ3v) is 3.45. The lowest BCUT2D eigenvalue weighted by atomic mass is 9.82. The maximum absolute atomic E-state index is 11.5. The van der Waals surface area contributed by atoms with Gasteiger partial charge in [0.05, 0.1) is 12.0 Å². The number of fused-ring (bicyclic) bond motifs is 1. The van der Waals surface area contributed by atoms with Crippen molar-refractivity contribution >= 4 is 11.9 Å². The molecule has 1 N–H and O–H groups in total. The van der Waals surface area contributed by atoms with Gasteiger partial charge in [0.2, 0.25) is 5.91 Å². The molecule has 0 bridgehead atoms. The van der Waals surface area contributed by atoms with Crippen LogP contribution in [0.2, 0.25) is 0 Å². The van der Waals surface area contributed by atoms with Crippen molar-refractivity contribution in [3.05, 3.63) is 11.3 Å². The lowest BCUT2D eigenvalue weighted by Crippen LogP contribution is -2.59. The Balaban J connectivity index is 2.42. The highest BCUT2D eigenvalue weighted by Crippen LogP contribution is 2.45. The van der Waals surface area contributed by atoms with E-state index in [9.17, 15) is 9.59 Å². The molecule has 0 saturated carbocycles. The number of nitrogens with zero attached hydrogens (tertiary/aromatic N) is 1. The summed E-state index contributed by atoms with van der Waals surface area (Å²) in [6, 6.07) is 0.0774. The quantitative estimate of drug-likeness (QED) is 0.631. The van der Waals surface area contributed by atoms with Crippen LogP contribution in [0.3, 0.4) is 0 Å². The van der Waals surface area contributed by atoms with Crippen LogP contribution >= 0.6 is 0 Å². The first-order valence-electron chi connectivity index (χ1n) is 4.74. The molecule has 1 fully saturated rings. The number of rotatable bonds is 1. The summed E-state index contributed by atoms with van der Waals surface area (Å²) in [5.41, 5.74) is 1.02. The Labute approximate surface area is 82.2 Å². The molecule has 0 aromatic carbocycles. The van der Waals surface area contributed by atoms with Gasteiger partial charge < -0.3 is 10.0 Å². The van der Waals surface area contributed by atoms with Gasteiger partial charge in [-0.15, -0.1) is 0 Å². The van der Waals surface area contributed by atoms with E-state index in [2.05, 4.69) is 0 Å². The van der Waals surface area contributed by atoms with E-state index in [4.69, 9.17) is 5.11 Å². The number of hydrogen-bond donors (Lipinski definition) is 1. The largest absolute Gasteiger partial charge is 0.477 e. The highest BCUT2D eigenvalue weighted by atomic mass is 16.4. The van der Waals surface area contributed by atoms with Crippen LogP contribution in [0.1, 0.15) is 20.8 Å². The zero-order valence-corrected chi connectivity index (χ0v) is 8.44. The average molecular weight is 195 g/mol. The number of carbonyl (C=O) groups is 2. The highest BCUT2D eigenvalue weighted by Gasteiger charge is 2.55. The summed E-state index contributed by atoms with van der Waals surface area (Å²) in [6.45, 7) is 5.64. The van der Waals surface area contributed by atoms with Crippen molar-refractivity contribution in [2.45, 2.75) is 26.8 Å². The molecule has 2 heterocycles. The number of hydrogen-bond acceptors (Lipinski definition) is 2. The van der Waals surface area contributed by atoms with Gasteiger partial charge in [0.1, 0.15) is 5.70 Å². The number of carboxylic acids is 1. The molecule has 76 valence electrons. The van der Waals surface area contributed by atoms with Crippen LogP contribution in [0, 0.1) is 11.8 Å². The fourth-order valence-electron chi connectivity index (χ4n) is 2.50. The fourth-order valence-corrected chi connectivity index (χ4v) is 2.50. The third kappa shape index (κ3) is 0.832. The molecular weight excluding hydrogens is 182 g/mol. The Morgan fingerprint density at radius 3 is 2.43 bits per heavy atom. The molecule has 2 aliphatic rings. The van der Waals surface area contributed by atoms with E-state index >= 15 is 0 Å². The average Bonchev–Trinajstić information content (AvgIpc) is 2.37. The standard InChI is InChI=1S/C10H13NO3/c1-4-5(2)8(10(13)14)11-7(4)6(3)9(11)12/h4,6-7H,1-3H3,(H,13,14)/t4?,6-,7+/m0/s1. The van der Waals surface area contributed by atoms with Crippen LogP contribution in [-0.4, -0.2) is 27.9 Å². The van der Waals surface area contributed by atoms with Crippen LogP contribution in [0.15, 0.2) is 11.3 Å². The van der Waals surface area contributed by atoms with Crippen molar-refractivity contribution in [1.82, 2.24) is 4.90 Å². The van der Waals surface area contributed by atoms with E-state index in [1.54, 1.807) is 6.92 Å². The van der Waals surface area contributed by atoms with Crippen molar-refractivity contribution in [3.63, 3.8) is 0 Å². The van der Waals surface area contributed by atoms with Crippen LogP contribution in [0.25, 0.3) is 0 Å². The van der Waals surface area contributed by atoms with Gasteiger partial charge in [0.15, 0.2) is 0 Å². The highest BCUT2D eigenvalue weighted by molar-refractivity contribution is 5.99. The van der Waals surface area contributed by atoms with Crippen molar-refractivity contribution in [1.29, 1.82) is 0 Å². The zero-order valence-electron chi connectivity index (χ0n) is 8.44. The minimum atomic E-state index is -0.989. The molecule has 0 spiro atoms. The number of carbonyl (C=O) groups excluding carboxylic acids is 1. The van der Waals surface area contributed by atoms with Gasteiger partial charge in [-0.05, 0) is 12.5 Å². The Morgan fingerprint density at radius 1 is 1.36 bits per heavy atom. The van der Waals surface area contributed by atoms with Crippen LogP contribution in [0.5, 0.6) is 0 Å². The second-order valence-electron chi connectivity index (χ2n) is 4.11. The van der Waals surface area contributed by atoms with Gasteiger partial charge in [-0.25, -0.2) is 4.79 Å². The molecule has 0 radical (unpaired) electrons. The summed E-state index contributed by atoms with van der Waals surface area (Å²) in [5.74, 6) is -0.904. The molecule has 0 aromatic rings. The summed E-state index contributed by atoms with van der Waals surface area (Å²) in [4.78, 5) is 23.9. The van der Waals surface area contributed by atoms with Crippen LogP contribution in [0.4, 0.5) is 0 Å².